The number of rotatable bonds is 6. The van der Waals surface area contributed by atoms with Gasteiger partial charge in [-0.3, -0.25) is 9.89 Å². The van der Waals surface area contributed by atoms with E-state index in [1.165, 1.54) is 10.7 Å². The fourth-order valence-corrected chi connectivity index (χ4v) is 3.28. The third kappa shape index (κ3) is 4.25. The Morgan fingerprint density at radius 3 is 2.48 bits per heavy atom. The van der Waals surface area contributed by atoms with Crippen molar-refractivity contribution in [2.75, 3.05) is 6.61 Å². The molecule has 1 aromatic heterocycles. The smallest absolute Gasteiger partial charge is 0.299 e. The summed E-state index contributed by atoms with van der Waals surface area (Å²) in [4.78, 5) is 13.0. The second-order valence-electron chi connectivity index (χ2n) is 6.93. The van der Waals surface area contributed by atoms with Gasteiger partial charge in [0.1, 0.15) is 17.2 Å². The Morgan fingerprint density at radius 1 is 0.968 bits per heavy atom. The van der Waals surface area contributed by atoms with E-state index in [2.05, 4.69) is 15.3 Å². The number of para-hydroxylation sites is 1. The first-order valence-corrected chi connectivity index (χ1v) is 9.92. The molecule has 7 heteroatoms. The highest BCUT2D eigenvalue weighted by Crippen LogP contribution is 2.30. The molecule has 156 valence electrons. The molecule has 7 nitrogen and oxygen atoms in total. The lowest BCUT2D eigenvalue weighted by Crippen LogP contribution is -2.14. The standard InChI is InChI=1S/C24H22N4O3/c1-3-31-22-12-8-7-11-21(22)25-26-23-16(2)27-28(24(23)30)19-13-18(14-20(29)15-19)17-9-5-4-6-10-17/h4-15,27,29H,3H2,1-2H3. The Kier molecular flexibility index (Phi) is 5.66. The number of aryl methyl sites for hydroxylation is 1. The van der Waals surface area contributed by atoms with Crippen LogP contribution in [0.3, 0.4) is 0 Å². The van der Waals surface area contributed by atoms with Crippen LogP contribution >= 0.6 is 0 Å². The maximum absolute atomic E-state index is 13.0. The molecule has 0 atom stereocenters. The third-order valence-corrected chi connectivity index (χ3v) is 4.73. The summed E-state index contributed by atoms with van der Waals surface area (Å²) < 4.78 is 6.91. The van der Waals surface area contributed by atoms with Gasteiger partial charge < -0.3 is 9.84 Å². The van der Waals surface area contributed by atoms with Crippen LogP contribution in [0.5, 0.6) is 11.5 Å². The molecule has 0 unspecified atom stereocenters. The lowest BCUT2D eigenvalue weighted by molar-refractivity contribution is 0.341. The largest absolute Gasteiger partial charge is 0.508 e. The number of nitrogens with one attached hydrogen (secondary N) is 1. The number of aromatic amines is 1. The molecule has 4 rings (SSSR count). The van der Waals surface area contributed by atoms with Crippen molar-refractivity contribution in [3.05, 3.63) is 88.8 Å². The molecule has 1 heterocycles. The van der Waals surface area contributed by atoms with Crippen LogP contribution in [0.15, 0.2) is 87.8 Å². The summed E-state index contributed by atoms with van der Waals surface area (Å²) in [6.07, 6.45) is 0. The van der Waals surface area contributed by atoms with E-state index < -0.39 is 0 Å². The number of aromatic hydroxyl groups is 1. The SMILES string of the molecule is CCOc1ccccc1N=Nc1c(C)[nH]n(-c2cc(O)cc(-c3ccccc3)c2)c1=O. The second kappa shape index (κ2) is 8.71. The van der Waals surface area contributed by atoms with Crippen LogP contribution in [-0.2, 0) is 0 Å². The molecule has 0 spiro atoms. The van der Waals surface area contributed by atoms with Gasteiger partial charge in [0.05, 0.1) is 18.0 Å². The molecule has 4 aromatic rings. The average Bonchev–Trinajstić information content (AvgIpc) is 3.07. The summed E-state index contributed by atoms with van der Waals surface area (Å²) >= 11 is 0. The fourth-order valence-electron chi connectivity index (χ4n) is 3.28. The van der Waals surface area contributed by atoms with E-state index in [1.54, 1.807) is 25.1 Å². The fraction of sp³-hybridized carbons (Fsp3) is 0.125. The van der Waals surface area contributed by atoms with Crippen molar-refractivity contribution in [1.29, 1.82) is 0 Å². The molecule has 3 aromatic carbocycles. The Bertz CT molecular complexity index is 1290. The molecule has 0 amide bonds. The van der Waals surface area contributed by atoms with Crippen molar-refractivity contribution >= 4 is 11.4 Å². The maximum atomic E-state index is 13.0. The first kappa shape index (κ1) is 20.2. The molecular formula is C24H22N4O3. The van der Waals surface area contributed by atoms with E-state index in [0.29, 0.717) is 29.4 Å². The van der Waals surface area contributed by atoms with Crippen molar-refractivity contribution in [1.82, 2.24) is 9.78 Å². The molecule has 0 fully saturated rings. The molecule has 0 aliphatic heterocycles. The van der Waals surface area contributed by atoms with Crippen LogP contribution in [0.2, 0.25) is 0 Å². The number of hydrogen-bond donors (Lipinski definition) is 2. The van der Waals surface area contributed by atoms with Gasteiger partial charge in [0.15, 0.2) is 5.69 Å². The Hall–Kier alpha value is -4.13. The number of aromatic nitrogens is 2. The van der Waals surface area contributed by atoms with Crippen LogP contribution in [0.25, 0.3) is 16.8 Å². The Balaban J connectivity index is 1.73. The number of phenols is 1. The minimum Gasteiger partial charge on any atom is -0.508 e. The zero-order valence-corrected chi connectivity index (χ0v) is 17.2. The van der Waals surface area contributed by atoms with Gasteiger partial charge in [-0.1, -0.05) is 42.5 Å². The van der Waals surface area contributed by atoms with E-state index in [9.17, 15) is 9.90 Å². The molecule has 0 saturated heterocycles. The lowest BCUT2D eigenvalue weighted by Gasteiger charge is -2.07. The Morgan fingerprint density at radius 2 is 1.71 bits per heavy atom. The topological polar surface area (TPSA) is 92.0 Å². The first-order valence-electron chi connectivity index (χ1n) is 9.92. The van der Waals surface area contributed by atoms with E-state index in [0.717, 1.165) is 11.1 Å². The van der Waals surface area contributed by atoms with E-state index in [4.69, 9.17) is 4.74 Å². The highest BCUT2D eigenvalue weighted by atomic mass is 16.5. The minimum absolute atomic E-state index is 0.0596. The molecule has 0 aliphatic rings. The number of hydrogen-bond acceptors (Lipinski definition) is 5. The normalized spacial score (nSPS) is 11.2. The van der Waals surface area contributed by atoms with Gasteiger partial charge in [-0.25, -0.2) is 4.68 Å². The van der Waals surface area contributed by atoms with E-state index >= 15 is 0 Å². The second-order valence-corrected chi connectivity index (χ2v) is 6.93. The summed E-state index contributed by atoms with van der Waals surface area (Å²) in [6, 6.07) is 21.9. The number of ether oxygens (including phenoxy) is 1. The highest BCUT2D eigenvalue weighted by molar-refractivity contribution is 5.68. The summed E-state index contributed by atoms with van der Waals surface area (Å²) in [6.45, 7) is 4.15. The van der Waals surface area contributed by atoms with Crippen molar-refractivity contribution in [2.24, 2.45) is 10.2 Å². The predicted octanol–water partition coefficient (Wildman–Crippen LogP) is 5.66. The molecular weight excluding hydrogens is 392 g/mol. The number of benzene rings is 3. The highest BCUT2D eigenvalue weighted by Gasteiger charge is 2.14. The van der Waals surface area contributed by atoms with Crippen molar-refractivity contribution < 1.29 is 9.84 Å². The Labute approximate surface area is 179 Å². The lowest BCUT2D eigenvalue weighted by atomic mass is 10.0. The maximum Gasteiger partial charge on any atom is 0.299 e. The first-order chi connectivity index (χ1) is 15.1. The monoisotopic (exact) mass is 414 g/mol. The van der Waals surface area contributed by atoms with Crippen LogP contribution < -0.4 is 10.3 Å². The van der Waals surface area contributed by atoms with Gasteiger partial charge in [-0.2, -0.15) is 0 Å². The molecule has 0 saturated carbocycles. The molecule has 0 radical (unpaired) electrons. The molecule has 31 heavy (non-hydrogen) atoms. The summed E-state index contributed by atoms with van der Waals surface area (Å²) in [5, 5.41) is 21.7. The van der Waals surface area contributed by atoms with Crippen molar-refractivity contribution in [3.63, 3.8) is 0 Å². The van der Waals surface area contributed by atoms with Gasteiger partial charge in [-0.05, 0) is 49.2 Å². The number of H-pyrrole nitrogens is 1. The van der Waals surface area contributed by atoms with Crippen LogP contribution in [0.1, 0.15) is 12.6 Å². The number of nitrogens with zero attached hydrogens (tertiary/aromatic N) is 3. The summed E-state index contributed by atoms with van der Waals surface area (Å²) in [5.74, 6) is 0.659. The van der Waals surface area contributed by atoms with Crippen LogP contribution in [0, 0.1) is 6.92 Å². The van der Waals surface area contributed by atoms with Crippen molar-refractivity contribution in [2.45, 2.75) is 13.8 Å². The van der Waals surface area contributed by atoms with Gasteiger partial charge in [-0.15, -0.1) is 10.2 Å². The van der Waals surface area contributed by atoms with Crippen LogP contribution in [-0.4, -0.2) is 21.5 Å². The average molecular weight is 414 g/mol. The van der Waals surface area contributed by atoms with Gasteiger partial charge in [0.2, 0.25) is 0 Å². The van der Waals surface area contributed by atoms with Gasteiger partial charge in [0, 0.05) is 6.07 Å². The number of phenolic OH excluding ortho intramolecular Hbond substituents is 1. The zero-order chi connectivity index (χ0) is 21.8. The van der Waals surface area contributed by atoms with E-state index in [-0.39, 0.29) is 17.0 Å². The minimum atomic E-state index is -0.361. The molecule has 2 N–H and O–H groups in total. The predicted molar refractivity (Wildman–Crippen MR) is 120 cm³/mol. The van der Waals surface area contributed by atoms with Gasteiger partial charge >= 0.3 is 0 Å². The van der Waals surface area contributed by atoms with E-state index in [1.807, 2.05) is 55.5 Å². The molecule has 0 aliphatic carbocycles. The summed E-state index contributed by atoms with van der Waals surface area (Å²) in [7, 11) is 0. The van der Waals surface area contributed by atoms with Gasteiger partial charge in [0.25, 0.3) is 5.56 Å². The van der Waals surface area contributed by atoms with Crippen LogP contribution in [0.4, 0.5) is 11.4 Å². The zero-order valence-electron chi connectivity index (χ0n) is 17.2. The number of azo groups is 1. The third-order valence-electron chi connectivity index (χ3n) is 4.73. The molecule has 0 bridgehead atoms. The van der Waals surface area contributed by atoms with Crippen molar-refractivity contribution in [3.8, 4) is 28.3 Å². The quantitative estimate of drug-likeness (QED) is 0.399. The summed E-state index contributed by atoms with van der Waals surface area (Å²) in [5.41, 5.74) is 3.16.